The van der Waals surface area contributed by atoms with Gasteiger partial charge in [-0.05, 0) is 44.2 Å². The van der Waals surface area contributed by atoms with Crippen LogP contribution in [0.5, 0.6) is 0 Å². The van der Waals surface area contributed by atoms with E-state index in [-0.39, 0.29) is 0 Å². The van der Waals surface area contributed by atoms with Gasteiger partial charge in [-0.15, -0.1) is 0 Å². The summed E-state index contributed by atoms with van der Waals surface area (Å²) in [4.78, 5) is 4.10. The van der Waals surface area contributed by atoms with E-state index in [2.05, 4.69) is 39.2 Å². The lowest BCUT2D eigenvalue weighted by Gasteiger charge is -2.44. The van der Waals surface area contributed by atoms with Crippen molar-refractivity contribution in [1.82, 2.24) is 4.98 Å². The topological polar surface area (TPSA) is 12.0 Å². The van der Waals surface area contributed by atoms with Crippen molar-refractivity contribution >= 4 is 8.24 Å². The molecule has 0 spiro atoms. The fourth-order valence-corrected chi connectivity index (χ4v) is 9.61. The minimum absolute atomic E-state index is 0.295. The Morgan fingerprint density at radius 2 is 1.72 bits per heavy atom. The number of rotatable bonds is 3. The second kappa shape index (κ2) is 5.28. The van der Waals surface area contributed by atoms with Gasteiger partial charge >= 0.3 is 0 Å². The van der Waals surface area contributed by atoms with Gasteiger partial charge in [-0.1, -0.05) is 52.0 Å². The zero-order chi connectivity index (χ0) is 13.4. The van der Waals surface area contributed by atoms with Crippen molar-refractivity contribution in [1.29, 1.82) is 0 Å². The molecule has 0 saturated heterocycles. The molecule has 0 heterocycles. The molecule has 1 N–H and O–H groups in total. The van der Waals surface area contributed by atoms with Crippen molar-refractivity contribution in [3.8, 4) is 0 Å². The van der Waals surface area contributed by atoms with E-state index in [1.54, 1.807) is 0 Å². The van der Waals surface area contributed by atoms with Crippen molar-refractivity contribution < 1.29 is 0 Å². The molecule has 0 bridgehead atoms. The summed E-state index contributed by atoms with van der Waals surface area (Å²) in [5, 5.41) is 0. The highest BCUT2D eigenvalue weighted by molar-refractivity contribution is 6.77. The van der Waals surface area contributed by atoms with Gasteiger partial charge in [0, 0.05) is 5.54 Å². The highest BCUT2D eigenvalue weighted by atomic mass is 28.3. The van der Waals surface area contributed by atoms with Crippen LogP contribution < -0.4 is 4.98 Å². The smallest absolute Gasteiger partial charge is 0.126 e. The van der Waals surface area contributed by atoms with Gasteiger partial charge in [0.1, 0.15) is 8.24 Å². The molecule has 0 aromatic rings. The van der Waals surface area contributed by atoms with E-state index in [1.165, 1.54) is 44.6 Å². The van der Waals surface area contributed by atoms with E-state index in [1.807, 2.05) is 0 Å². The highest BCUT2D eigenvalue weighted by Gasteiger charge is 2.48. The predicted molar refractivity (Wildman–Crippen MR) is 83.4 cm³/mol. The lowest BCUT2D eigenvalue weighted by Crippen LogP contribution is -2.59. The number of hydrogen-bond acceptors (Lipinski definition) is 1. The molecule has 0 aromatic heterocycles. The summed E-state index contributed by atoms with van der Waals surface area (Å²) in [6.07, 6.45) is 9.12. The minimum atomic E-state index is -1.28. The Morgan fingerprint density at radius 3 is 2.33 bits per heavy atom. The summed E-state index contributed by atoms with van der Waals surface area (Å²) in [5.41, 5.74) is 1.34. The van der Waals surface area contributed by atoms with Crippen molar-refractivity contribution in [3.63, 3.8) is 0 Å². The summed E-state index contributed by atoms with van der Waals surface area (Å²) < 4.78 is 0. The molecule has 2 heteroatoms. The van der Waals surface area contributed by atoms with E-state index in [0.29, 0.717) is 5.54 Å². The highest BCUT2D eigenvalue weighted by Crippen LogP contribution is 2.53. The van der Waals surface area contributed by atoms with Gasteiger partial charge in [-0.25, -0.2) is 0 Å². The van der Waals surface area contributed by atoms with Crippen molar-refractivity contribution in [3.05, 3.63) is 0 Å². The third-order valence-corrected chi connectivity index (χ3v) is 10.7. The Labute approximate surface area is 115 Å². The van der Waals surface area contributed by atoms with Crippen LogP contribution in [0.15, 0.2) is 0 Å². The molecule has 2 saturated carbocycles. The number of nitrogens with one attached hydrogen (secondary N) is 1. The Balaban J connectivity index is 2.12. The first-order valence-electron chi connectivity index (χ1n) is 8.15. The molecule has 0 radical (unpaired) electrons. The molecular formula is C16H33NSi. The molecule has 18 heavy (non-hydrogen) atoms. The lowest BCUT2D eigenvalue weighted by atomic mass is 9.82. The molecule has 2 aliphatic carbocycles. The molecule has 0 aliphatic heterocycles. The molecule has 0 aromatic carbocycles. The lowest BCUT2D eigenvalue weighted by molar-refractivity contribution is 0.272. The van der Waals surface area contributed by atoms with Gasteiger partial charge in [0.25, 0.3) is 0 Å². The molecule has 0 amide bonds. The summed E-state index contributed by atoms with van der Waals surface area (Å²) in [5.74, 6) is 2.16. The quantitative estimate of drug-likeness (QED) is 0.714. The van der Waals surface area contributed by atoms with Crippen molar-refractivity contribution in [2.75, 3.05) is 0 Å². The summed E-state index contributed by atoms with van der Waals surface area (Å²) in [6, 6.07) is 1.40. The van der Waals surface area contributed by atoms with Crippen LogP contribution >= 0.6 is 0 Å². The molecule has 2 rings (SSSR count). The van der Waals surface area contributed by atoms with Crippen LogP contribution in [0.25, 0.3) is 0 Å². The molecule has 1 nitrogen and oxygen atoms in total. The standard InChI is InChI=1S/C16H33NSi/c1-6-18(5,17-16(2,3)4)15-12-11-13-9-7-8-10-14(13)15/h13-15,17H,6-12H2,1-5H3. The van der Waals surface area contributed by atoms with E-state index >= 15 is 0 Å². The predicted octanol–water partition coefficient (Wildman–Crippen LogP) is 4.94. The van der Waals surface area contributed by atoms with Crippen molar-refractivity contribution in [2.24, 2.45) is 11.8 Å². The average Bonchev–Trinajstić information content (AvgIpc) is 2.71. The maximum Gasteiger partial charge on any atom is 0.126 e. The van der Waals surface area contributed by atoms with Crippen LogP contribution in [0.2, 0.25) is 18.1 Å². The van der Waals surface area contributed by atoms with Crippen LogP contribution in [-0.2, 0) is 0 Å². The zero-order valence-corrected chi connectivity index (χ0v) is 14.2. The first-order chi connectivity index (χ1) is 8.36. The van der Waals surface area contributed by atoms with Crippen LogP contribution in [0.1, 0.15) is 66.2 Å². The fraction of sp³-hybridized carbons (Fsp3) is 1.00. The van der Waals surface area contributed by atoms with Gasteiger partial charge in [-0.2, -0.15) is 0 Å². The average molecular weight is 268 g/mol. The van der Waals surface area contributed by atoms with Crippen LogP contribution in [0.3, 0.4) is 0 Å². The molecule has 4 atom stereocenters. The third kappa shape index (κ3) is 3.01. The molecule has 2 fully saturated rings. The van der Waals surface area contributed by atoms with E-state index in [9.17, 15) is 0 Å². The van der Waals surface area contributed by atoms with Crippen LogP contribution in [0.4, 0.5) is 0 Å². The first-order valence-corrected chi connectivity index (χ1v) is 10.9. The number of fused-ring (bicyclic) bond motifs is 1. The van der Waals surface area contributed by atoms with Gasteiger partial charge in [0.2, 0.25) is 0 Å². The third-order valence-electron chi connectivity index (χ3n) is 5.55. The summed E-state index contributed by atoms with van der Waals surface area (Å²) in [7, 11) is -1.28. The largest absolute Gasteiger partial charge is 0.332 e. The van der Waals surface area contributed by atoms with Gasteiger partial charge < -0.3 is 4.98 Å². The number of hydrogen-bond donors (Lipinski definition) is 1. The second-order valence-corrected chi connectivity index (χ2v) is 12.6. The first kappa shape index (κ1) is 14.6. The minimum Gasteiger partial charge on any atom is -0.332 e. The van der Waals surface area contributed by atoms with Crippen molar-refractivity contribution in [2.45, 2.75) is 89.9 Å². The maximum atomic E-state index is 4.10. The maximum absolute atomic E-state index is 4.10. The Kier molecular flexibility index (Phi) is 4.28. The molecule has 4 unspecified atom stereocenters. The van der Waals surface area contributed by atoms with E-state index in [0.717, 1.165) is 17.4 Å². The van der Waals surface area contributed by atoms with Crippen LogP contribution in [-0.4, -0.2) is 13.8 Å². The summed E-state index contributed by atoms with van der Waals surface area (Å²) >= 11 is 0. The van der Waals surface area contributed by atoms with Crippen LogP contribution in [0, 0.1) is 11.8 Å². The Bertz CT molecular complexity index is 283. The normalized spacial score (nSPS) is 36.2. The van der Waals surface area contributed by atoms with E-state index < -0.39 is 8.24 Å². The molecule has 2 aliphatic rings. The zero-order valence-electron chi connectivity index (χ0n) is 13.2. The second-order valence-electron chi connectivity index (χ2n) is 8.04. The monoisotopic (exact) mass is 267 g/mol. The van der Waals surface area contributed by atoms with Gasteiger partial charge in [0.05, 0.1) is 0 Å². The molecular weight excluding hydrogens is 234 g/mol. The van der Waals surface area contributed by atoms with Gasteiger partial charge in [0.15, 0.2) is 0 Å². The fourth-order valence-electron chi connectivity index (χ4n) is 4.82. The SMILES string of the molecule is CC[Si](C)(NC(C)(C)C)C1CCC2CCCCC21. The molecule has 106 valence electrons. The summed E-state index contributed by atoms with van der Waals surface area (Å²) in [6.45, 7) is 12.1. The van der Waals surface area contributed by atoms with Gasteiger partial charge in [-0.3, -0.25) is 0 Å². The Morgan fingerprint density at radius 1 is 1.06 bits per heavy atom. The van der Waals surface area contributed by atoms with E-state index in [4.69, 9.17) is 0 Å². The Hall–Kier alpha value is 0.177.